The molecule has 0 saturated carbocycles. The van der Waals surface area contributed by atoms with E-state index >= 15 is 0 Å². The number of carbonyl (C=O) groups excluding carboxylic acids is 1. The van der Waals surface area contributed by atoms with E-state index in [1.54, 1.807) is 0 Å². The zero-order valence-electron chi connectivity index (χ0n) is 15.4. The minimum absolute atomic E-state index is 0.0548. The molecule has 1 saturated heterocycles. The van der Waals surface area contributed by atoms with Crippen LogP contribution in [-0.4, -0.2) is 56.5 Å². The third-order valence-electron chi connectivity index (χ3n) is 4.47. The number of nitrogens with one attached hydrogen (secondary N) is 1. The quantitative estimate of drug-likeness (QED) is 0.646. The third kappa shape index (κ3) is 5.67. The molecule has 1 amide bonds. The van der Waals surface area contributed by atoms with E-state index in [4.69, 9.17) is 9.84 Å². The van der Waals surface area contributed by atoms with Crippen molar-refractivity contribution in [1.29, 1.82) is 0 Å². The second kappa shape index (κ2) is 9.70. The topological polar surface area (TPSA) is 113 Å². The molecule has 0 unspecified atom stereocenters. The maximum absolute atomic E-state index is 12.9. The molecular formula is C18H26N2O6S. The number of ether oxygens (including phenoxy) is 1. The minimum atomic E-state index is -3.68. The van der Waals surface area contributed by atoms with Gasteiger partial charge in [0.2, 0.25) is 10.0 Å². The predicted octanol–water partition coefficient (Wildman–Crippen LogP) is 1.85. The van der Waals surface area contributed by atoms with Crippen molar-refractivity contribution in [2.45, 2.75) is 43.4 Å². The number of aliphatic carboxylic acids is 1. The average molecular weight is 398 g/mol. The summed E-state index contributed by atoms with van der Waals surface area (Å²) in [5.41, 5.74) is 0.115. The normalized spacial score (nSPS) is 15.7. The Bertz CT molecular complexity index is 770. The molecule has 0 radical (unpaired) electrons. The molecule has 27 heavy (non-hydrogen) atoms. The number of benzene rings is 1. The number of rotatable bonds is 8. The van der Waals surface area contributed by atoms with Gasteiger partial charge in [0.05, 0.1) is 17.6 Å². The largest absolute Gasteiger partial charge is 0.496 e. The number of amides is 1. The summed E-state index contributed by atoms with van der Waals surface area (Å²) in [6, 6.07) is 4.24. The van der Waals surface area contributed by atoms with Crippen LogP contribution >= 0.6 is 0 Å². The Labute approximate surface area is 159 Å². The summed E-state index contributed by atoms with van der Waals surface area (Å²) in [6.07, 6.45) is 3.91. The standard InChI is InChI=1S/C18H26N2O6S/c1-26-16-9-8-14(27(24,25)20-11-4-2-3-5-12-20)13-15(16)18(23)19-10-6-7-17(21)22/h8-9,13H,2-7,10-12H2,1H3,(H,19,23)(H,21,22). The van der Waals surface area contributed by atoms with Gasteiger partial charge in [0.1, 0.15) is 5.75 Å². The van der Waals surface area contributed by atoms with Crippen molar-refractivity contribution in [3.8, 4) is 5.75 Å². The number of carboxylic acids is 1. The first-order valence-corrected chi connectivity index (χ1v) is 10.5. The lowest BCUT2D eigenvalue weighted by molar-refractivity contribution is -0.137. The van der Waals surface area contributed by atoms with Crippen molar-refractivity contribution < 1.29 is 27.9 Å². The van der Waals surface area contributed by atoms with Crippen LogP contribution in [0, 0.1) is 0 Å². The lowest BCUT2D eigenvalue weighted by Crippen LogP contribution is -2.32. The summed E-state index contributed by atoms with van der Waals surface area (Å²) < 4.78 is 32.5. The van der Waals surface area contributed by atoms with E-state index < -0.39 is 21.9 Å². The monoisotopic (exact) mass is 398 g/mol. The zero-order chi connectivity index (χ0) is 19.9. The lowest BCUT2D eigenvalue weighted by Gasteiger charge is -2.20. The van der Waals surface area contributed by atoms with Crippen molar-refractivity contribution in [1.82, 2.24) is 9.62 Å². The van der Waals surface area contributed by atoms with Crippen molar-refractivity contribution >= 4 is 21.9 Å². The number of carbonyl (C=O) groups is 2. The lowest BCUT2D eigenvalue weighted by atomic mass is 10.2. The van der Waals surface area contributed by atoms with Crippen LogP contribution in [-0.2, 0) is 14.8 Å². The highest BCUT2D eigenvalue weighted by Crippen LogP contribution is 2.26. The molecule has 9 heteroatoms. The Morgan fingerprint density at radius 1 is 1.19 bits per heavy atom. The van der Waals surface area contributed by atoms with Gasteiger partial charge >= 0.3 is 5.97 Å². The summed E-state index contributed by atoms with van der Waals surface area (Å²) in [5.74, 6) is -1.17. The van der Waals surface area contributed by atoms with Crippen molar-refractivity contribution in [2.24, 2.45) is 0 Å². The maximum atomic E-state index is 12.9. The van der Waals surface area contributed by atoms with Gasteiger partial charge in [0.15, 0.2) is 0 Å². The summed E-state index contributed by atoms with van der Waals surface area (Å²) >= 11 is 0. The summed E-state index contributed by atoms with van der Waals surface area (Å²) in [5, 5.41) is 11.3. The van der Waals surface area contributed by atoms with Crippen LogP contribution in [0.5, 0.6) is 5.75 Å². The molecule has 1 fully saturated rings. The SMILES string of the molecule is COc1ccc(S(=O)(=O)N2CCCCCC2)cc1C(=O)NCCCC(=O)O. The van der Waals surface area contributed by atoms with Crippen molar-refractivity contribution in [2.75, 3.05) is 26.7 Å². The number of sulfonamides is 1. The highest BCUT2D eigenvalue weighted by Gasteiger charge is 2.27. The van der Waals surface area contributed by atoms with Crippen LogP contribution in [0.15, 0.2) is 23.1 Å². The molecule has 1 aliphatic heterocycles. The fraction of sp³-hybridized carbons (Fsp3) is 0.556. The Kier molecular flexibility index (Phi) is 7.61. The highest BCUT2D eigenvalue weighted by atomic mass is 32.2. The van der Waals surface area contributed by atoms with Crippen LogP contribution in [0.2, 0.25) is 0 Å². The van der Waals surface area contributed by atoms with E-state index in [1.807, 2.05) is 0 Å². The van der Waals surface area contributed by atoms with Crippen LogP contribution in [0.25, 0.3) is 0 Å². The van der Waals surface area contributed by atoms with Gasteiger partial charge in [-0.05, 0) is 37.5 Å². The molecule has 2 N–H and O–H groups in total. The van der Waals surface area contributed by atoms with Crippen molar-refractivity contribution in [3.05, 3.63) is 23.8 Å². The van der Waals surface area contributed by atoms with Gasteiger partial charge in [0, 0.05) is 26.1 Å². The predicted molar refractivity (Wildman–Crippen MR) is 99.4 cm³/mol. The molecule has 1 aromatic carbocycles. The molecular weight excluding hydrogens is 372 g/mol. The Balaban J connectivity index is 2.20. The number of hydrogen-bond donors (Lipinski definition) is 2. The van der Waals surface area contributed by atoms with Crippen molar-refractivity contribution in [3.63, 3.8) is 0 Å². The van der Waals surface area contributed by atoms with Crippen LogP contribution in [0.1, 0.15) is 48.9 Å². The molecule has 1 aliphatic rings. The highest BCUT2D eigenvalue weighted by molar-refractivity contribution is 7.89. The maximum Gasteiger partial charge on any atom is 0.303 e. The Morgan fingerprint density at radius 3 is 2.44 bits per heavy atom. The Hall–Kier alpha value is -2.13. The second-order valence-electron chi connectivity index (χ2n) is 6.43. The van der Waals surface area contributed by atoms with Crippen LogP contribution in [0.4, 0.5) is 0 Å². The fourth-order valence-corrected chi connectivity index (χ4v) is 4.54. The first kappa shape index (κ1) is 21.2. The van der Waals surface area contributed by atoms with Crippen LogP contribution in [0.3, 0.4) is 0 Å². The molecule has 1 aromatic rings. The fourth-order valence-electron chi connectivity index (χ4n) is 2.99. The van der Waals surface area contributed by atoms with E-state index in [9.17, 15) is 18.0 Å². The van der Waals surface area contributed by atoms with Gasteiger partial charge in [0.25, 0.3) is 5.91 Å². The summed E-state index contributed by atoms with van der Waals surface area (Å²) in [6.45, 7) is 1.13. The molecule has 0 aliphatic carbocycles. The molecule has 0 atom stereocenters. The van der Waals surface area contributed by atoms with Gasteiger partial charge < -0.3 is 15.2 Å². The van der Waals surface area contributed by atoms with E-state index in [-0.39, 0.29) is 35.6 Å². The van der Waals surface area contributed by atoms with Gasteiger partial charge in [-0.25, -0.2) is 8.42 Å². The van der Waals surface area contributed by atoms with E-state index in [2.05, 4.69) is 5.32 Å². The number of methoxy groups -OCH3 is 1. The molecule has 0 aromatic heterocycles. The second-order valence-corrected chi connectivity index (χ2v) is 8.37. The first-order valence-electron chi connectivity index (χ1n) is 9.04. The average Bonchev–Trinajstić information content (AvgIpc) is 2.94. The molecule has 0 bridgehead atoms. The first-order chi connectivity index (χ1) is 12.9. The molecule has 2 rings (SSSR count). The van der Waals surface area contributed by atoms with Gasteiger partial charge in [-0.3, -0.25) is 9.59 Å². The number of nitrogens with zero attached hydrogens (tertiary/aromatic N) is 1. The van der Waals surface area contributed by atoms with Gasteiger partial charge in [-0.1, -0.05) is 12.8 Å². The van der Waals surface area contributed by atoms with Gasteiger partial charge in [-0.2, -0.15) is 4.31 Å². The molecule has 0 spiro atoms. The zero-order valence-corrected chi connectivity index (χ0v) is 16.3. The summed E-state index contributed by atoms with van der Waals surface area (Å²) in [7, 11) is -2.28. The van der Waals surface area contributed by atoms with E-state index in [1.165, 1.54) is 29.6 Å². The number of carboxylic acid groups (broad SMARTS) is 1. The smallest absolute Gasteiger partial charge is 0.303 e. The van der Waals surface area contributed by atoms with E-state index in [0.717, 1.165) is 25.7 Å². The molecule has 8 nitrogen and oxygen atoms in total. The molecule has 150 valence electrons. The molecule has 1 heterocycles. The summed E-state index contributed by atoms with van der Waals surface area (Å²) in [4.78, 5) is 23.0. The Morgan fingerprint density at radius 2 is 1.85 bits per heavy atom. The minimum Gasteiger partial charge on any atom is -0.496 e. The third-order valence-corrected chi connectivity index (χ3v) is 6.37. The van der Waals surface area contributed by atoms with Crippen LogP contribution < -0.4 is 10.1 Å². The van der Waals surface area contributed by atoms with E-state index in [0.29, 0.717) is 13.1 Å². The van der Waals surface area contributed by atoms with Gasteiger partial charge in [-0.15, -0.1) is 0 Å². The number of hydrogen-bond acceptors (Lipinski definition) is 5.